The number of alkyl carbamates (subject to hydrolysis) is 1. The van der Waals surface area contributed by atoms with Crippen LogP contribution in [0.5, 0.6) is 0 Å². The third kappa shape index (κ3) is 9.11. The van der Waals surface area contributed by atoms with E-state index in [1.54, 1.807) is 11.8 Å². The lowest BCUT2D eigenvalue weighted by atomic mass is 10.0. The Hall–Kier alpha value is -1.73. The molecule has 31 heavy (non-hydrogen) atoms. The van der Waals surface area contributed by atoms with Crippen LogP contribution in [0, 0.1) is 0 Å². The highest BCUT2D eigenvalue weighted by atomic mass is 32.2. The first-order valence-electron chi connectivity index (χ1n) is 11.7. The molecule has 1 aromatic carbocycles. The van der Waals surface area contributed by atoms with Crippen molar-refractivity contribution in [2.75, 3.05) is 38.5 Å². The van der Waals surface area contributed by atoms with Gasteiger partial charge in [-0.3, -0.25) is 4.79 Å². The Morgan fingerprint density at radius 1 is 1.16 bits per heavy atom. The maximum absolute atomic E-state index is 13.0. The molecule has 1 N–H and O–H groups in total. The number of ether oxygens (including phenoxy) is 1. The lowest BCUT2D eigenvalue weighted by molar-refractivity contribution is -0.133. The summed E-state index contributed by atoms with van der Waals surface area (Å²) in [6, 6.07) is 10.4. The van der Waals surface area contributed by atoms with E-state index in [0.717, 1.165) is 56.8 Å². The zero-order chi connectivity index (χ0) is 22.5. The van der Waals surface area contributed by atoms with E-state index in [4.69, 9.17) is 4.74 Å². The molecule has 1 aliphatic heterocycles. The van der Waals surface area contributed by atoms with Crippen LogP contribution in [0.3, 0.4) is 0 Å². The van der Waals surface area contributed by atoms with Crippen molar-refractivity contribution < 1.29 is 14.3 Å². The van der Waals surface area contributed by atoms with Crippen LogP contribution < -0.4 is 5.32 Å². The zero-order valence-electron chi connectivity index (χ0n) is 19.3. The third-order valence-electron chi connectivity index (χ3n) is 5.81. The molecule has 2 amide bonds. The van der Waals surface area contributed by atoms with Crippen molar-refractivity contribution in [1.82, 2.24) is 15.1 Å². The quantitative estimate of drug-likeness (QED) is 0.379. The molecule has 7 heteroatoms. The standard InChI is InChI=1S/C24H39N3O3S/c1-4-7-17-30-24(29)25-20(19-31-22-11-9-8-10-12-22)18-23(28)27-15-13-21(14-16-27)26(5-2)6-3/h8-12,20-21H,4-7,13-19H2,1-3H3,(H,25,29)/t20-/m1/s1. The molecule has 0 aromatic heterocycles. The average molecular weight is 450 g/mol. The van der Waals surface area contributed by atoms with Gasteiger partial charge in [0.25, 0.3) is 0 Å². The van der Waals surface area contributed by atoms with Crippen molar-refractivity contribution >= 4 is 23.8 Å². The van der Waals surface area contributed by atoms with Gasteiger partial charge in [0.05, 0.1) is 12.6 Å². The van der Waals surface area contributed by atoms with Crippen molar-refractivity contribution in [2.24, 2.45) is 0 Å². The minimum Gasteiger partial charge on any atom is -0.450 e. The summed E-state index contributed by atoms with van der Waals surface area (Å²) < 4.78 is 5.27. The summed E-state index contributed by atoms with van der Waals surface area (Å²) in [5, 5.41) is 2.92. The molecule has 0 radical (unpaired) electrons. The van der Waals surface area contributed by atoms with Gasteiger partial charge in [0.2, 0.25) is 5.91 Å². The molecule has 0 spiro atoms. The number of amides is 2. The number of hydrogen-bond donors (Lipinski definition) is 1. The highest BCUT2D eigenvalue weighted by molar-refractivity contribution is 7.99. The van der Waals surface area contributed by atoms with Gasteiger partial charge in [-0.25, -0.2) is 4.79 Å². The highest BCUT2D eigenvalue weighted by Gasteiger charge is 2.27. The van der Waals surface area contributed by atoms with Crippen LogP contribution in [0.1, 0.15) is 52.9 Å². The smallest absolute Gasteiger partial charge is 0.407 e. The van der Waals surface area contributed by atoms with Crippen LogP contribution in [0.15, 0.2) is 35.2 Å². The van der Waals surface area contributed by atoms with Crippen LogP contribution in [0.2, 0.25) is 0 Å². The molecule has 0 saturated carbocycles. The Kier molecular flexibility index (Phi) is 11.8. The molecule has 1 fully saturated rings. The number of nitrogens with one attached hydrogen (secondary N) is 1. The third-order valence-corrected chi connectivity index (χ3v) is 6.99. The fourth-order valence-corrected chi connectivity index (χ4v) is 4.89. The molecule has 174 valence electrons. The molecule has 1 aliphatic rings. The highest BCUT2D eigenvalue weighted by Crippen LogP contribution is 2.21. The predicted molar refractivity (Wildman–Crippen MR) is 127 cm³/mol. The number of nitrogens with zero attached hydrogens (tertiary/aromatic N) is 2. The molecule has 0 aliphatic carbocycles. The number of rotatable bonds is 12. The monoisotopic (exact) mass is 449 g/mol. The molecule has 2 rings (SSSR count). The number of benzene rings is 1. The number of likely N-dealkylation sites (tertiary alicyclic amines) is 1. The molecule has 1 heterocycles. The van der Waals surface area contributed by atoms with Gasteiger partial charge in [0, 0.05) is 36.2 Å². The number of carbonyl (C=O) groups is 2. The summed E-state index contributed by atoms with van der Waals surface area (Å²) in [5.41, 5.74) is 0. The lowest BCUT2D eigenvalue weighted by Crippen LogP contribution is -2.48. The first-order chi connectivity index (χ1) is 15.1. The van der Waals surface area contributed by atoms with Gasteiger partial charge in [-0.15, -0.1) is 11.8 Å². The van der Waals surface area contributed by atoms with E-state index in [1.165, 1.54) is 0 Å². The fourth-order valence-electron chi connectivity index (χ4n) is 3.94. The Labute approximate surface area is 192 Å². The van der Waals surface area contributed by atoms with Gasteiger partial charge in [-0.05, 0) is 44.5 Å². The van der Waals surface area contributed by atoms with Gasteiger partial charge in [-0.1, -0.05) is 45.4 Å². The molecular weight excluding hydrogens is 410 g/mol. The number of thioether (sulfide) groups is 1. The first-order valence-corrected chi connectivity index (χ1v) is 12.7. The van der Waals surface area contributed by atoms with E-state index in [9.17, 15) is 9.59 Å². The van der Waals surface area contributed by atoms with Crippen molar-refractivity contribution in [3.05, 3.63) is 30.3 Å². The summed E-state index contributed by atoms with van der Waals surface area (Å²) in [6.45, 7) is 10.5. The molecule has 1 aromatic rings. The van der Waals surface area contributed by atoms with Crippen LogP contribution in [0.25, 0.3) is 0 Å². The second-order valence-corrected chi connectivity index (χ2v) is 9.09. The summed E-state index contributed by atoms with van der Waals surface area (Å²) >= 11 is 1.65. The minimum absolute atomic E-state index is 0.116. The maximum Gasteiger partial charge on any atom is 0.407 e. The summed E-state index contributed by atoms with van der Waals surface area (Å²) in [6.07, 6.45) is 3.73. The lowest BCUT2D eigenvalue weighted by Gasteiger charge is -2.38. The molecule has 0 bridgehead atoms. The average Bonchev–Trinajstić information content (AvgIpc) is 2.79. The number of carbonyl (C=O) groups excluding carboxylic acids is 2. The summed E-state index contributed by atoms with van der Waals surface area (Å²) in [4.78, 5) is 30.8. The Morgan fingerprint density at radius 3 is 2.45 bits per heavy atom. The van der Waals surface area contributed by atoms with Crippen LogP contribution in [0.4, 0.5) is 4.79 Å². The number of hydrogen-bond acceptors (Lipinski definition) is 5. The van der Waals surface area contributed by atoms with Gasteiger partial charge in [0.1, 0.15) is 0 Å². The normalized spacial score (nSPS) is 15.7. The largest absolute Gasteiger partial charge is 0.450 e. The van der Waals surface area contributed by atoms with E-state index in [1.807, 2.05) is 35.2 Å². The second-order valence-electron chi connectivity index (χ2n) is 7.99. The second kappa shape index (κ2) is 14.4. The van der Waals surface area contributed by atoms with E-state index < -0.39 is 6.09 Å². The van der Waals surface area contributed by atoms with Gasteiger partial charge < -0.3 is 19.9 Å². The Bertz CT molecular complexity index is 647. The van der Waals surface area contributed by atoms with Crippen molar-refractivity contribution in [3.63, 3.8) is 0 Å². The van der Waals surface area contributed by atoms with Gasteiger partial charge in [0.15, 0.2) is 0 Å². The molecule has 0 unspecified atom stereocenters. The van der Waals surface area contributed by atoms with Gasteiger partial charge in [-0.2, -0.15) is 0 Å². The zero-order valence-corrected chi connectivity index (χ0v) is 20.2. The van der Waals surface area contributed by atoms with Crippen molar-refractivity contribution in [1.29, 1.82) is 0 Å². The number of piperidine rings is 1. The first kappa shape index (κ1) is 25.5. The molecule has 1 atom stereocenters. The van der Waals surface area contributed by atoms with E-state index in [0.29, 0.717) is 24.8 Å². The maximum atomic E-state index is 13.0. The van der Waals surface area contributed by atoms with Crippen LogP contribution in [-0.2, 0) is 9.53 Å². The molecule has 6 nitrogen and oxygen atoms in total. The topological polar surface area (TPSA) is 61.9 Å². The fraction of sp³-hybridized carbons (Fsp3) is 0.667. The summed E-state index contributed by atoms with van der Waals surface area (Å²) in [5.74, 6) is 0.750. The van der Waals surface area contributed by atoms with Crippen LogP contribution >= 0.6 is 11.8 Å². The van der Waals surface area contributed by atoms with Gasteiger partial charge >= 0.3 is 6.09 Å². The van der Waals surface area contributed by atoms with Crippen molar-refractivity contribution in [2.45, 2.75) is 69.9 Å². The van der Waals surface area contributed by atoms with E-state index in [2.05, 4.69) is 31.0 Å². The molecule has 1 saturated heterocycles. The van der Waals surface area contributed by atoms with E-state index in [-0.39, 0.29) is 11.9 Å². The molecular formula is C24H39N3O3S. The number of unbranched alkanes of at least 4 members (excludes halogenated alkanes) is 1. The summed E-state index contributed by atoms with van der Waals surface area (Å²) in [7, 11) is 0. The van der Waals surface area contributed by atoms with E-state index >= 15 is 0 Å². The Morgan fingerprint density at radius 2 is 1.84 bits per heavy atom. The Balaban J connectivity index is 1.89. The predicted octanol–water partition coefficient (Wildman–Crippen LogP) is 4.40. The SMILES string of the molecule is CCCCOC(=O)N[C@@H](CSc1ccccc1)CC(=O)N1CCC(N(CC)CC)CC1. The minimum atomic E-state index is -0.430. The van der Waals surface area contributed by atoms with Crippen LogP contribution in [-0.4, -0.2) is 72.4 Å². The van der Waals surface area contributed by atoms with Crippen molar-refractivity contribution in [3.8, 4) is 0 Å².